The number of hydrogen-bond donors (Lipinski definition) is 1. The summed E-state index contributed by atoms with van der Waals surface area (Å²) in [5.41, 5.74) is 2.19. The first-order valence-electron chi connectivity index (χ1n) is 6.54. The van der Waals surface area contributed by atoms with E-state index in [1.165, 1.54) is 6.07 Å². The molecule has 0 aliphatic rings. The van der Waals surface area contributed by atoms with Crippen LogP contribution in [-0.4, -0.2) is 16.0 Å². The van der Waals surface area contributed by atoms with Gasteiger partial charge in [0, 0.05) is 11.6 Å². The molecule has 1 N–H and O–H groups in total. The van der Waals surface area contributed by atoms with E-state index >= 15 is 0 Å². The Balaban J connectivity index is 2.49. The zero-order valence-electron chi connectivity index (χ0n) is 11.5. The van der Waals surface area contributed by atoms with Crippen molar-refractivity contribution >= 4 is 11.7 Å². The number of rotatable bonds is 5. The van der Waals surface area contributed by atoms with Gasteiger partial charge in [-0.3, -0.25) is 14.9 Å². The Kier molecular flexibility index (Phi) is 4.33. The predicted octanol–water partition coefficient (Wildman–Crippen LogP) is 3.84. The molecule has 21 heavy (non-hydrogen) atoms. The molecule has 0 aliphatic carbocycles. The van der Waals surface area contributed by atoms with Crippen LogP contribution in [0.1, 0.15) is 24.8 Å². The number of hydrogen-bond acceptors (Lipinski definition) is 3. The fourth-order valence-corrected chi connectivity index (χ4v) is 2.30. The number of benzene rings is 2. The number of nitrogens with zero attached hydrogens (tertiary/aromatic N) is 1. The van der Waals surface area contributed by atoms with Crippen molar-refractivity contribution in [1.82, 2.24) is 0 Å². The molecule has 0 amide bonds. The highest BCUT2D eigenvalue weighted by Crippen LogP contribution is 2.33. The molecule has 5 heteroatoms. The molecule has 0 saturated heterocycles. The van der Waals surface area contributed by atoms with Gasteiger partial charge in [0.2, 0.25) is 0 Å². The van der Waals surface area contributed by atoms with E-state index < -0.39 is 16.8 Å². The van der Waals surface area contributed by atoms with Gasteiger partial charge in [-0.1, -0.05) is 37.3 Å². The van der Waals surface area contributed by atoms with Crippen molar-refractivity contribution in [2.75, 3.05) is 0 Å². The van der Waals surface area contributed by atoms with Crippen LogP contribution in [0.3, 0.4) is 0 Å². The van der Waals surface area contributed by atoms with Gasteiger partial charge in [0.15, 0.2) is 0 Å². The molecule has 2 aromatic rings. The van der Waals surface area contributed by atoms with Crippen LogP contribution in [0.5, 0.6) is 0 Å². The molecular formula is C16H15NO4. The van der Waals surface area contributed by atoms with Crippen molar-refractivity contribution < 1.29 is 14.8 Å². The predicted molar refractivity (Wildman–Crippen MR) is 79.2 cm³/mol. The number of aliphatic carboxylic acids is 1. The Labute approximate surface area is 122 Å². The van der Waals surface area contributed by atoms with Gasteiger partial charge in [-0.15, -0.1) is 0 Å². The van der Waals surface area contributed by atoms with E-state index in [0.717, 1.165) is 11.1 Å². The Hall–Kier alpha value is -2.69. The van der Waals surface area contributed by atoms with Crippen molar-refractivity contribution in [1.29, 1.82) is 0 Å². The summed E-state index contributed by atoms with van der Waals surface area (Å²) in [5.74, 6) is -1.39. The van der Waals surface area contributed by atoms with Crippen molar-refractivity contribution in [2.45, 2.75) is 19.3 Å². The Bertz CT molecular complexity index is 667. The van der Waals surface area contributed by atoms with E-state index in [2.05, 4.69) is 0 Å². The second-order valence-electron chi connectivity index (χ2n) is 4.90. The lowest BCUT2D eigenvalue weighted by Gasteiger charge is -2.12. The van der Waals surface area contributed by atoms with Crippen molar-refractivity contribution in [3.63, 3.8) is 0 Å². The van der Waals surface area contributed by atoms with Gasteiger partial charge < -0.3 is 5.11 Å². The Morgan fingerprint density at radius 1 is 1.19 bits per heavy atom. The van der Waals surface area contributed by atoms with Gasteiger partial charge in [0.05, 0.1) is 11.3 Å². The third-order valence-corrected chi connectivity index (χ3v) is 3.34. The highest BCUT2D eigenvalue weighted by atomic mass is 16.6. The lowest BCUT2D eigenvalue weighted by Crippen LogP contribution is -2.06. The average molecular weight is 285 g/mol. The van der Waals surface area contributed by atoms with Crippen LogP contribution >= 0.6 is 0 Å². The van der Waals surface area contributed by atoms with E-state index in [1.807, 2.05) is 30.3 Å². The van der Waals surface area contributed by atoms with Gasteiger partial charge in [-0.2, -0.15) is 0 Å². The van der Waals surface area contributed by atoms with E-state index in [4.69, 9.17) is 5.11 Å². The molecule has 2 rings (SSSR count). The number of nitro groups is 1. The van der Waals surface area contributed by atoms with E-state index in [1.54, 1.807) is 19.1 Å². The van der Waals surface area contributed by atoms with Crippen LogP contribution in [-0.2, 0) is 4.79 Å². The first-order chi connectivity index (χ1) is 9.99. The molecule has 1 unspecified atom stereocenters. The van der Waals surface area contributed by atoms with Gasteiger partial charge in [0.1, 0.15) is 0 Å². The maximum absolute atomic E-state index is 11.1. The maximum Gasteiger partial charge on any atom is 0.303 e. The number of carboxylic acid groups (broad SMARTS) is 1. The molecule has 0 bridgehead atoms. The zero-order valence-corrected chi connectivity index (χ0v) is 11.5. The summed E-state index contributed by atoms with van der Waals surface area (Å²) in [6.45, 7) is 1.69. The summed E-state index contributed by atoms with van der Waals surface area (Å²) in [7, 11) is 0. The fraction of sp³-hybridized carbons (Fsp3) is 0.188. The SMILES string of the molecule is CC(CC(=O)O)c1cc(-c2ccccc2)ccc1[N+](=O)[O-]. The van der Waals surface area contributed by atoms with Crippen LogP contribution < -0.4 is 0 Å². The lowest BCUT2D eigenvalue weighted by molar-refractivity contribution is -0.385. The van der Waals surface area contributed by atoms with E-state index in [-0.39, 0.29) is 12.1 Å². The quantitative estimate of drug-likeness (QED) is 0.668. The maximum atomic E-state index is 11.1. The highest BCUT2D eigenvalue weighted by Gasteiger charge is 2.21. The smallest absolute Gasteiger partial charge is 0.303 e. The first kappa shape index (κ1) is 14.7. The molecule has 0 heterocycles. The lowest BCUT2D eigenvalue weighted by atomic mass is 9.92. The van der Waals surface area contributed by atoms with E-state index in [0.29, 0.717) is 5.56 Å². The van der Waals surface area contributed by atoms with Crippen LogP contribution in [0.2, 0.25) is 0 Å². The summed E-state index contributed by atoms with van der Waals surface area (Å²) < 4.78 is 0. The summed E-state index contributed by atoms with van der Waals surface area (Å²) in [6, 6.07) is 14.3. The molecule has 0 fully saturated rings. The fourth-order valence-electron chi connectivity index (χ4n) is 2.30. The second-order valence-corrected chi connectivity index (χ2v) is 4.90. The Morgan fingerprint density at radius 3 is 2.43 bits per heavy atom. The summed E-state index contributed by atoms with van der Waals surface area (Å²) in [4.78, 5) is 21.5. The van der Waals surface area contributed by atoms with Gasteiger partial charge in [-0.25, -0.2) is 0 Å². The second kappa shape index (κ2) is 6.17. The molecule has 0 aromatic heterocycles. The number of nitro benzene ring substituents is 1. The molecule has 0 radical (unpaired) electrons. The standard InChI is InChI=1S/C16H15NO4/c1-11(9-16(18)19)14-10-13(7-8-15(14)17(20)21)12-5-3-2-4-6-12/h2-8,10-11H,9H2,1H3,(H,18,19). The van der Waals surface area contributed by atoms with Crippen LogP contribution in [0.25, 0.3) is 11.1 Å². The van der Waals surface area contributed by atoms with Gasteiger partial charge in [0.25, 0.3) is 5.69 Å². The Morgan fingerprint density at radius 2 is 1.86 bits per heavy atom. The first-order valence-corrected chi connectivity index (χ1v) is 6.54. The molecule has 0 spiro atoms. The third kappa shape index (κ3) is 3.45. The number of carbonyl (C=O) groups is 1. The molecule has 5 nitrogen and oxygen atoms in total. The van der Waals surface area contributed by atoms with Crippen LogP contribution in [0.4, 0.5) is 5.69 Å². The van der Waals surface area contributed by atoms with Gasteiger partial charge in [-0.05, 0) is 29.2 Å². The molecule has 0 aliphatic heterocycles. The summed E-state index contributed by atoms with van der Waals surface area (Å²) in [5, 5.41) is 20.0. The summed E-state index contributed by atoms with van der Waals surface area (Å²) in [6.07, 6.45) is -0.140. The van der Waals surface area contributed by atoms with Crippen molar-refractivity contribution in [3.05, 3.63) is 64.2 Å². The third-order valence-electron chi connectivity index (χ3n) is 3.34. The summed E-state index contributed by atoms with van der Waals surface area (Å²) >= 11 is 0. The topological polar surface area (TPSA) is 80.4 Å². The molecule has 108 valence electrons. The van der Waals surface area contributed by atoms with E-state index in [9.17, 15) is 14.9 Å². The zero-order chi connectivity index (χ0) is 15.4. The average Bonchev–Trinajstić information content (AvgIpc) is 2.46. The normalized spacial score (nSPS) is 11.9. The molecule has 0 saturated carbocycles. The highest BCUT2D eigenvalue weighted by molar-refractivity contribution is 5.70. The molecular weight excluding hydrogens is 270 g/mol. The minimum Gasteiger partial charge on any atom is -0.481 e. The minimum atomic E-state index is -0.970. The number of carboxylic acids is 1. The van der Waals surface area contributed by atoms with Crippen molar-refractivity contribution in [3.8, 4) is 11.1 Å². The molecule has 2 aromatic carbocycles. The van der Waals surface area contributed by atoms with Crippen LogP contribution in [0, 0.1) is 10.1 Å². The largest absolute Gasteiger partial charge is 0.481 e. The van der Waals surface area contributed by atoms with Crippen LogP contribution in [0.15, 0.2) is 48.5 Å². The minimum absolute atomic E-state index is 0.0385. The van der Waals surface area contributed by atoms with Gasteiger partial charge >= 0.3 is 5.97 Å². The molecule has 1 atom stereocenters. The monoisotopic (exact) mass is 285 g/mol. The van der Waals surface area contributed by atoms with Crippen molar-refractivity contribution in [2.24, 2.45) is 0 Å².